The number of aryl methyl sites for hydroxylation is 2. The van der Waals surface area contributed by atoms with Crippen molar-refractivity contribution < 1.29 is 8.42 Å². The Morgan fingerprint density at radius 1 is 1.10 bits per heavy atom. The molecule has 0 aliphatic carbocycles. The minimum Gasteiger partial charge on any atom is -0.207 e. The van der Waals surface area contributed by atoms with Crippen LogP contribution in [0.15, 0.2) is 47.4 Å². The largest absolute Gasteiger partial charge is 0.241 e. The van der Waals surface area contributed by atoms with Crippen LogP contribution in [0, 0.1) is 13.8 Å². The standard InChI is InChI=1S/C16H18ClNO2S/c1-11-8-9-12(2)16(10-11)21(19,20)18-13(3)14-6-4-5-7-15(14)17/h4-10,13,18H,1-3H3/t13-/m1/s1. The minimum absolute atomic E-state index is 0.307. The summed E-state index contributed by atoms with van der Waals surface area (Å²) in [5.41, 5.74) is 2.39. The van der Waals surface area contributed by atoms with E-state index in [9.17, 15) is 8.42 Å². The third kappa shape index (κ3) is 3.64. The molecule has 0 heterocycles. The van der Waals surface area contributed by atoms with Gasteiger partial charge in [0, 0.05) is 11.1 Å². The van der Waals surface area contributed by atoms with Crippen molar-refractivity contribution in [1.29, 1.82) is 0 Å². The number of nitrogens with one attached hydrogen (secondary N) is 1. The highest BCUT2D eigenvalue weighted by Crippen LogP contribution is 2.25. The van der Waals surface area contributed by atoms with Crippen molar-refractivity contribution in [2.75, 3.05) is 0 Å². The van der Waals surface area contributed by atoms with Gasteiger partial charge in [0.1, 0.15) is 0 Å². The summed E-state index contributed by atoms with van der Waals surface area (Å²) in [5.74, 6) is 0. The summed E-state index contributed by atoms with van der Waals surface area (Å²) in [6.45, 7) is 5.44. The van der Waals surface area contributed by atoms with Gasteiger partial charge in [-0.05, 0) is 49.6 Å². The average Bonchev–Trinajstić information content (AvgIpc) is 2.41. The van der Waals surface area contributed by atoms with Crippen LogP contribution in [0.3, 0.4) is 0 Å². The number of halogens is 1. The van der Waals surface area contributed by atoms with Gasteiger partial charge in [-0.25, -0.2) is 13.1 Å². The van der Waals surface area contributed by atoms with E-state index in [1.807, 2.05) is 37.3 Å². The summed E-state index contributed by atoms with van der Waals surface area (Å²) >= 11 is 6.12. The second-order valence-electron chi connectivity index (χ2n) is 5.13. The zero-order valence-electron chi connectivity index (χ0n) is 12.2. The molecule has 0 radical (unpaired) electrons. The maximum Gasteiger partial charge on any atom is 0.241 e. The second-order valence-corrected chi connectivity index (χ2v) is 7.22. The molecule has 0 amide bonds. The molecule has 0 unspecified atom stereocenters. The van der Waals surface area contributed by atoms with E-state index in [0.29, 0.717) is 9.92 Å². The van der Waals surface area contributed by atoms with Gasteiger partial charge in [-0.1, -0.05) is 41.9 Å². The first kappa shape index (κ1) is 16.0. The number of sulfonamides is 1. The Kier molecular flexibility index (Phi) is 4.71. The molecular formula is C16H18ClNO2S. The van der Waals surface area contributed by atoms with Gasteiger partial charge in [0.2, 0.25) is 10.0 Å². The van der Waals surface area contributed by atoms with E-state index in [-0.39, 0.29) is 0 Å². The molecule has 0 spiro atoms. The molecule has 5 heteroatoms. The van der Waals surface area contributed by atoms with Gasteiger partial charge < -0.3 is 0 Å². The molecule has 0 bridgehead atoms. The summed E-state index contributed by atoms with van der Waals surface area (Å²) in [4.78, 5) is 0.307. The summed E-state index contributed by atoms with van der Waals surface area (Å²) in [7, 11) is -3.59. The number of rotatable bonds is 4. The van der Waals surface area contributed by atoms with E-state index in [2.05, 4.69) is 4.72 Å². The lowest BCUT2D eigenvalue weighted by atomic mass is 10.1. The predicted octanol–water partition coefficient (Wildman–Crippen LogP) is 4.00. The topological polar surface area (TPSA) is 46.2 Å². The smallest absolute Gasteiger partial charge is 0.207 e. The van der Waals surface area contributed by atoms with Crippen LogP contribution in [-0.4, -0.2) is 8.42 Å². The van der Waals surface area contributed by atoms with E-state index < -0.39 is 16.1 Å². The van der Waals surface area contributed by atoms with Crippen LogP contribution in [0.25, 0.3) is 0 Å². The lowest BCUT2D eigenvalue weighted by Gasteiger charge is -2.17. The van der Waals surface area contributed by atoms with Gasteiger partial charge in [0.05, 0.1) is 4.90 Å². The van der Waals surface area contributed by atoms with E-state index in [4.69, 9.17) is 11.6 Å². The second kappa shape index (κ2) is 6.18. The van der Waals surface area contributed by atoms with Crippen molar-refractivity contribution in [3.8, 4) is 0 Å². The quantitative estimate of drug-likeness (QED) is 0.924. The normalized spacial score (nSPS) is 13.1. The van der Waals surface area contributed by atoms with Gasteiger partial charge in [-0.15, -0.1) is 0 Å². The van der Waals surface area contributed by atoms with Crippen LogP contribution in [0.4, 0.5) is 0 Å². The summed E-state index contributed by atoms with van der Waals surface area (Å²) in [5, 5.41) is 0.550. The predicted molar refractivity (Wildman–Crippen MR) is 86.1 cm³/mol. The van der Waals surface area contributed by atoms with Crippen LogP contribution in [0.1, 0.15) is 29.7 Å². The van der Waals surface area contributed by atoms with Crippen LogP contribution in [0.2, 0.25) is 5.02 Å². The van der Waals surface area contributed by atoms with Crippen molar-refractivity contribution >= 4 is 21.6 Å². The SMILES string of the molecule is Cc1ccc(C)c(S(=O)(=O)N[C@H](C)c2ccccc2Cl)c1. The fourth-order valence-electron chi connectivity index (χ4n) is 2.18. The fourth-order valence-corrected chi connectivity index (χ4v) is 4.03. The molecule has 0 saturated carbocycles. The monoisotopic (exact) mass is 323 g/mol. The molecule has 0 fully saturated rings. The molecule has 0 saturated heterocycles. The van der Waals surface area contributed by atoms with Gasteiger partial charge in [-0.3, -0.25) is 0 Å². The maximum absolute atomic E-state index is 12.5. The Bertz CT molecular complexity index is 757. The van der Waals surface area contributed by atoms with Crippen molar-refractivity contribution in [2.24, 2.45) is 0 Å². The van der Waals surface area contributed by atoms with Crippen LogP contribution < -0.4 is 4.72 Å². The third-order valence-corrected chi connectivity index (χ3v) is 5.36. The molecule has 3 nitrogen and oxygen atoms in total. The van der Waals surface area contributed by atoms with Gasteiger partial charge >= 0.3 is 0 Å². The lowest BCUT2D eigenvalue weighted by molar-refractivity contribution is 0.566. The zero-order chi connectivity index (χ0) is 15.6. The van der Waals surface area contributed by atoms with Crippen molar-refractivity contribution in [2.45, 2.75) is 31.7 Å². The third-order valence-electron chi connectivity index (χ3n) is 3.34. The van der Waals surface area contributed by atoms with Gasteiger partial charge in [0.15, 0.2) is 0 Å². The summed E-state index contributed by atoms with van der Waals surface area (Å²) in [6, 6.07) is 12.2. The van der Waals surface area contributed by atoms with E-state index in [0.717, 1.165) is 16.7 Å². The number of hydrogen-bond donors (Lipinski definition) is 1. The van der Waals surface area contributed by atoms with Gasteiger partial charge in [0.25, 0.3) is 0 Å². The molecule has 0 aromatic heterocycles. The fraction of sp³-hybridized carbons (Fsp3) is 0.250. The molecule has 1 N–H and O–H groups in total. The maximum atomic E-state index is 12.5. The highest BCUT2D eigenvalue weighted by atomic mass is 35.5. The number of hydrogen-bond acceptors (Lipinski definition) is 2. The first-order valence-electron chi connectivity index (χ1n) is 6.65. The molecular weight excluding hydrogens is 306 g/mol. The van der Waals surface area contributed by atoms with Gasteiger partial charge in [-0.2, -0.15) is 0 Å². The molecule has 21 heavy (non-hydrogen) atoms. The summed E-state index contributed by atoms with van der Waals surface area (Å²) < 4.78 is 27.8. The van der Waals surface area contributed by atoms with Crippen LogP contribution in [0.5, 0.6) is 0 Å². The highest BCUT2D eigenvalue weighted by Gasteiger charge is 2.21. The minimum atomic E-state index is -3.59. The molecule has 2 aromatic carbocycles. The van der Waals surface area contributed by atoms with Crippen LogP contribution >= 0.6 is 11.6 Å². The molecule has 1 atom stereocenters. The lowest BCUT2D eigenvalue weighted by Crippen LogP contribution is -2.27. The molecule has 0 aliphatic rings. The van der Waals surface area contributed by atoms with E-state index in [1.54, 1.807) is 26.0 Å². The first-order chi connectivity index (χ1) is 9.81. The Hall–Kier alpha value is -1.36. The van der Waals surface area contributed by atoms with Crippen molar-refractivity contribution in [1.82, 2.24) is 4.72 Å². The Morgan fingerprint density at radius 3 is 2.43 bits per heavy atom. The zero-order valence-corrected chi connectivity index (χ0v) is 13.8. The Balaban J connectivity index is 2.34. The molecule has 112 valence electrons. The average molecular weight is 324 g/mol. The van der Waals surface area contributed by atoms with Crippen LogP contribution in [-0.2, 0) is 10.0 Å². The Morgan fingerprint density at radius 2 is 1.76 bits per heavy atom. The van der Waals surface area contributed by atoms with Crippen molar-refractivity contribution in [3.63, 3.8) is 0 Å². The first-order valence-corrected chi connectivity index (χ1v) is 8.51. The van der Waals surface area contributed by atoms with E-state index in [1.165, 1.54) is 0 Å². The Labute approximate surface area is 131 Å². The molecule has 2 rings (SSSR count). The van der Waals surface area contributed by atoms with E-state index >= 15 is 0 Å². The van der Waals surface area contributed by atoms with Crippen molar-refractivity contribution in [3.05, 3.63) is 64.2 Å². The highest BCUT2D eigenvalue weighted by molar-refractivity contribution is 7.89. The molecule has 0 aliphatic heterocycles. The summed E-state index contributed by atoms with van der Waals surface area (Å²) in [6.07, 6.45) is 0. The molecule has 2 aromatic rings. The number of benzene rings is 2.